The molecule has 0 aliphatic carbocycles. The maximum Gasteiger partial charge on any atom is 0.417 e. The summed E-state index contributed by atoms with van der Waals surface area (Å²) in [7, 11) is 0. The third kappa shape index (κ3) is 5.38. The van der Waals surface area contributed by atoms with Gasteiger partial charge < -0.3 is 9.84 Å². The van der Waals surface area contributed by atoms with Crippen LogP contribution in [0.3, 0.4) is 0 Å². The average molecular weight is 267 g/mol. The van der Waals surface area contributed by atoms with Crippen LogP contribution in [0.1, 0.15) is 5.56 Å². The average Bonchev–Trinajstić information content (AvgIpc) is 2.28. The number of hydrogen-bond acceptors (Lipinski definition) is 4. The molecule has 0 saturated heterocycles. The minimum Gasteiger partial charge on any atom is -0.394 e. The minimum absolute atomic E-state index is 0.0385. The zero-order valence-electron chi connectivity index (χ0n) is 8.91. The van der Waals surface area contributed by atoms with Crippen LogP contribution in [0.4, 0.5) is 13.2 Å². The van der Waals surface area contributed by atoms with E-state index in [9.17, 15) is 13.2 Å². The van der Waals surface area contributed by atoms with E-state index in [1.54, 1.807) is 0 Å². The van der Waals surface area contributed by atoms with Crippen molar-refractivity contribution in [3.8, 4) is 0 Å². The highest BCUT2D eigenvalue weighted by Gasteiger charge is 2.30. The highest BCUT2D eigenvalue weighted by Crippen LogP contribution is 2.29. The zero-order chi connectivity index (χ0) is 12.7. The van der Waals surface area contributed by atoms with E-state index in [-0.39, 0.29) is 13.2 Å². The molecule has 0 aliphatic heterocycles. The zero-order valence-corrected chi connectivity index (χ0v) is 9.72. The molecule has 0 atom stereocenters. The molecule has 7 heteroatoms. The van der Waals surface area contributed by atoms with E-state index < -0.39 is 11.7 Å². The number of rotatable bonds is 6. The first-order valence-corrected chi connectivity index (χ1v) is 5.87. The van der Waals surface area contributed by atoms with Crippen LogP contribution in [0.15, 0.2) is 23.4 Å². The van der Waals surface area contributed by atoms with E-state index in [4.69, 9.17) is 9.84 Å². The molecule has 17 heavy (non-hydrogen) atoms. The van der Waals surface area contributed by atoms with Crippen molar-refractivity contribution in [1.82, 2.24) is 4.98 Å². The number of nitrogens with zero attached hydrogens (tertiary/aromatic N) is 1. The topological polar surface area (TPSA) is 42.4 Å². The Morgan fingerprint density at radius 2 is 2.06 bits per heavy atom. The van der Waals surface area contributed by atoms with Gasteiger partial charge in [-0.05, 0) is 12.1 Å². The van der Waals surface area contributed by atoms with Gasteiger partial charge in [-0.3, -0.25) is 0 Å². The molecule has 1 N–H and O–H groups in total. The number of hydrogen-bond donors (Lipinski definition) is 1. The van der Waals surface area contributed by atoms with Gasteiger partial charge in [0.05, 0.1) is 30.4 Å². The van der Waals surface area contributed by atoms with Crippen molar-refractivity contribution in [2.24, 2.45) is 0 Å². The summed E-state index contributed by atoms with van der Waals surface area (Å²) >= 11 is 1.31. The Hall–Kier alpha value is -0.790. The van der Waals surface area contributed by atoms with Gasteiger partial charge in [-0.15, -0.1) is 11.8 Å². The Morgan fingerprint density at radius 1 is 1.29 bits per heavy atom. The summed E-state index contributed by atoms with van der Waals surface area (Å²) in [4.78, 5) is 3.70. The van der Waals surface area contributed by atoms with Gasteiger partial charge in [0.15, 0.2) is 0 Å². The summed E-state index contributed by atoms with van der Waals surface area (Å²) in [5, 5.41) is 8.96. The van der Waals surface area contributed by atoms with Crippen LogP contribution in [0.5, 0.6) is 0 Å². The molecule has 1 aromatic heterocycles. The van der Waals surface area contributed by atoms with Crippen LogP contribution in [0.25, 0.3) is 0 Å². The molecule has 3 nitrogen and oxygen atoms in total. The highest BCUT2D eigenvalue weighted by atomic mass is 32.2. The monoisotopic (exact) mass is 267 g/mol. The summed E-state index contributed by atoms with van der Waals surface area (Å²) in [6.45, 7) is 0.651. The summed E-state index contributed by atoms with van der Waals surface area (Å²) in [6.07, 6.45) is -3.53. The Kier molecular flexibility index (Phi) is 5.73. The first-order chi connectivity index (χ1) is 8.04. The minimum atomic E-state index is -4.35. The standard InChI is InChI=1S/C10H12F3NO2S/c11-10(12,13)8-1-2-9(14-7-8)17-6-5-16-4-3-15/h1-2,7,15H,3-6H2. The van der Waals surface area contributed by atoms with E-state index in [1.807, 2.05) is 0 Å². The van der Waals surface area contributed by atoms with Gasteiger partial charge in [0.25, 0.3) is 0 Å². The molecule has 0 fully saturated rings. The molecule has 0 spiro atoms. The molecule has 0 aromatic carbocycles. The lowest BCUT2D eigenvalue weighted by Crippen LogP contribution is -2.05. The summed E-state index contributed by atoms with van der Waals surface area (Å²) < 4.78 is 41.7. The summed E-state index contributed by atoms with van der Waals surface area (Å²) in [6, 6.07) is 2.34. The third-order valence-electron chi connectivity index (χ3n) is 1.78. The number of aromatic nitrogens is 1. The molecule has 0 radical (unpaired) electrons. The lowest BCUT2D eigenvalue weighted by Gasteiger charge is -2.06. The van der Waals surface area contributed by atoms with Crippen molar-refractivity contribution in [1.29, 1.82) is 0 Å². The Labute approximate surface area is 101 Å². The van der Waals surface area contributed by atoms with Crippen molar-refractivity contribution in [3.63, 3.8) is 0 Å². The maximum absolute atomic E-state index is 12.2. The van der Waals surface area contributed by atoms with E-state index in [2.05, 4.69) is 4.98 Å². The first-order valence-electron chi connectivity index (χ1n) is 4.88. The van der Waals surface area contributed by atoms with Crippen molar-refractivity contribution in [2.75, 3.05) is 25.6 Å². The van der Waals surface area contributed by atoms with Crippen molar-refractivity contribution < 1.29 is 23.0 Å². The van der Waals surface area contributed by atoms with Gasteiger partial charge in [-0.1, -0.05) is 0 Å². The van der Waals surface area contributed by atoms with Crippen LogP contribution >= 0.6 is 11.8 Å². The number of halogens is 3. The third-order valence-corrected chi connectivity index (χ3v) is 2.68. The van der Waals surface area contributed by atoms with Crippen molar-refractivity contribution in [3.05, 3.63) is 23.9 Å². The Morgan fingerprint density at radius 3 is 2.59 bits per heavy atom. The molecule has 1 rings (SSSR count). The van der Waals surface area contributed by atoms with E-state index in [1.165, 1.54) is 17.8 Å². The number of aliphatic hydroxyl groups excluding tert-OH is 1. The van der Waals surface area contributed by atoms with Crippen molar-refractivity contribution >= 4 is 11.8 Å². The molecule has 0 saturated carbocycles. The number of thioether (sulfide) groups is 1. The second-order valence-electron chi connectivity index (χ2n) is 3.07. The largest absolute Gasteiger partial charge is 0.417 e. The first kappa shape index (κ1) is 14.3. The molecular weight excluding hydrogens is 255 g/mol. The molecule has 1 aromatic rings. The number of aliphatic hydroxyl groups is 1. The van der Waals surface area contributed by atoms with Crippen LogP contribution < -0.4 is 0 Å². The smallest absolute Gasteiger partial charge is 0.394 e. The van der Waals surface area contributed by atoms with Gasteiger partial charge in [-0.25, -0.2) is 4.98 Å². The molecule has 1 heterocycles. The number of ether oxygens (including phenoxy) is 1. The van der Waals surface area contributed by atoms with Gasteiger partial charge in [0, 0.05) is 11.9 Å². The van der Waals surface area contributed by atoms with Crippen LogP contribution in [0.2, 0.25) is 0 Å². The maximum atomic E-state index is 12.2. The van der Waals surface area contributed by atoms with E-state index >= 15 is 0 Å². The molecular formula is C10H12F3NO2S. The SMILES string of the molecule is OCCOCCSc1ccc(C(F)(F)F)cn1. The Balaban J connectivity index is 2.36. The lowest BCUT2D eigenvalue weighted by molar-refractivity contribution is -0.137. The fraction of sp³-hybridized carbons (Fsp3) is 0.500. The van der Waals surface area contributed by atoms with E-state index in [0.29, 0.717) is 17.4 Å². The lowest BCUT2D eigenvalue weighted by atomic mass is 10.3. The molecule has 0 bridgehead atoms. The van der Waals surface area contributed by atoms with Gasteiger partial charge in [0.1, 0.15) is 0 Å². The number of alkyl halides is 3. The fourth-order valence-electron chi connectivity index (χ4n) is 1.01. The predicted molar refractivity (Wildman–Crippen MR) is 57.9 cm³/mol. The second-order valence-corrected chi connectivity index (χ2v) is 4.18. The molecule has 96 valence electrons. The normalized spacial score (nSPS) is 11.8. The van der Waals surface area contributed by atoms with Gasteiger partial charge >= 0.3 is 6.18 Å². The molecule has 0 unspecified atom stereocenters. The fourth-order valence-corrected chi connectivity index (χ4v) is 1.71. The van der Waals surface area contributed by atoms with Gasteiger partial charge in [-0.2, -0.15) is 13.2 Å². The predicted octanol–water partition coefficient (Wildman–Crippen LogP) is 2.20. The molecule has 0 aliphatic rings. The van der Waals surface area contributed by atoms with Crippen molar-refractivity contribution in [2.45, 2.75) is 11.2 Å². The molecule has 0 amide bonds. The Bertz CT molecular complexity index is 329. The summed E-state index contributed by atoms with van der Waals surface area (Å²) in [5.41, 5.74) is -0.751. The summed E-state index contributed by atoms with van der Waals surface area (Å²) in [5.74, 6) is 0.582. The van der Waals surface area contributed by atoms with Crippen LogP contribution in [-0.2, 0) is 10.9 Å². The quantitative estimate of drug-likeness (QED) is 0.634. The van der Waals surface area contributed by atoms with Crippen LogP contribution in [-0.4, -0.2) is 35.7 Å². The van der Waals surface area contributed by atoms with Gasteiger partial charge in [0.2, 0.25) is 0 Å². The second kappa shape index (κ2) is 6.83. The highest BCUT2D eigenvalue weighted by molar-refractivity contribution is 7.99. The van der Waals surface area contributed by atoms with E-state index in [0.717, 1.165) is 12.3 Å². The van der Waals surface area contributed by atoms with Crippen LogP contribution in [0, 0.1) is 0 Å². The number of pyridine rings is 1.